The Morgan fingerprint density at radius 3 is 1.32 bits per heavy atom. The number of ether oxygens (including phenoxy) is 19. The zero-order valence-electron chi connectivity index (χ0n) is 81.3. The van der Waals surface area contributed by atoms with Crippen LogP contribution in [0.4, 0.5) is 0 Å². The van der Waals surface area contributed by atoms with E-state index in [0.29, 0.717) is 18.4 Å². The molecule has 0 saturated carbocycles. The van der Waals surface area contributed by atoms with Crippen molar-refractivity contribution in [2.24, 2.45) is 0 Å². The first-order chi connectivity index (χ1) is 63.7. The van der Waals surface area contributed by atoms with Crippen LogP contribution in [-0.4, -0.2) is 351 Å². The van der Waals surface area contributed by atoms with Gasteiger partial charge in [-0.25, -0.2) is 4.79 Å². The number of carbonyl (C=O) groups excluding carboxylic acids is 5. The largest absolute Gasteiger partial charge is 0.479 e. The number of carboxylic acids is 1. The minimum absolute atomic E-state index is 0.113. The highest BCUT2D eigenvalue weighted by atomic mass is 16.8. The number of benzene rings is 1. The van der Waals surface area contributed by atoms with Crippen molar-refractivity contribution in [3.8, 4) is 0 Å². The lowest BCUT2D eigenvalue weighted by molar-refractivity contribution is -0.393. The van der Waals surface area contributed by atoms with Crippen molar-refractivity contribution in [3.05, 3.63) is 35.9 Å². The molecule has 6 aliphatic rings. The van der Waals surface area contributed by atoms with E-state index in [0.717, 1.165) is 25.7 Å². The van der Waals surface area contributed by atoms with Gasteiger partial charge >= 0.3 is 11.9 Å². The minimum atomic E-state index is -2.06. The molecule has 7 rings (SSSR count). The summed E-state index contributed by atoms with van der Waals surface area (Å²) < 4.78 is 113. The molecule has 6 saturated heterocycles. The van der Waals surface area contributed by atoms with Crippen molar-refractivity contribution in [1.82, 2.24) is 21.3 Å². The topological polar surface area (TPSA) is 508 Å². The van der Waals surface area contributed by atoms with E-state index in [9.17, 15) is 65.1 Å². The maximum Gasteiger partial charge on any atom is 0.335 e. The van der Waals surface area contributed by atoms with Gasteiger partial charge in [0.15, 0.2) is 49.9 Å². The molecule has 38 heteroatoms. The van der Waals surface area contributed by atoms with Crippen LogP contribution in [0.3, 0.4) is 0 Å². The summed E-state index contributed by atoms with van der Waals surface area (Å²) in [7, 11) is 7.96. The van der Waals surface area contributed by atoms with Gasteiger partial charge in [-0.05, 0) is 67.4 Å². The van der Waals surface area contributed by atoms with E-state index in [1.807, 2.05) is 0 Å². The van der Waals surface area contributed by atoms with Crippen molar-refractivity contribution >= 4 is 35.6 Å². The van der Waals surface area contributed by atoms with Crippen molar-refractivity contribution in [2.45, 2.75) is 482 Å². The van der Waals surface area contributed by atoms with E-state index in [4.69, 9.17) is 90.0 Å². The summed E-state index contributed by atoms with van der Waals surface area (Å²) in [5.41, 5.74) is 0.602. The number of unbranched alkanes of at least 4 members (excludes halogenated alkanes) is 26. The SMILES string of the molecule is CCCCCCCCCCCCCCCCCCCCCCCCCCCCCC(O)CC(=O)N[C@H](Cc1ccccc1)C(=O)N[C@@H](C(=O)N[C@H](C)C(=O)N[C@@H](C)COC1O[C@@H](C)[C@H](OC)[C@@H](OC)[C@H]1O)[C@@H](C)OC1O[C@@H](C)[C@@H](O)[C@@H](O)[C@H]1O[C@@H]1O[C@@H](C)[C@H](O)[C@@H](O[C@@H]2O[C@@H](C)[C@@H](O[C@@H]3O[C@H](C(=O)O)[C@@H](O[C@@H]4O[C@@H](C)[C@@H](OC(C)=O)[C@@H](OC)[C@@H]4OC)[C@H](O)[C@H]3O)[C@@H](OC)[C@@H]2OC)[C@H]1O. The van der Waals surface area contributed by atoms with E-state index in [2.05, 4.69) is 28.2 Å². The fourth-order valence-electron chi connectivity index (χ4n) is 18.4. The van der Waals surface area contributed by atoms with Crippen molar-refractivity contribution < 1.29 is 165 Å². The summed E-state index contributed by atoms with van der Waals surface area (Å²) in [4.78, 5) is 83.4. The number of aliphatic carboxylic acids is 1. The highest BCUT2D eigenvalue weighted by Gasteiger charge is 2.59. The number of amides is 4. The standard InChI is InChI=1S/C95H164N4O34/c1-17-18-19-20-21-22-23-24-25-26-27-28-29-30-31-32-33-34-35-36-37-38-39-40-41-42-46-49-63(101)51-65(102)98-64(50-62-47-44-43-45-48-62)87(111)99-66(88(112)97-54(3)86(110)96-53(2)52-121-90-73(109)78(116-12)74(115-11)58(7)125-90)55(4)122-93-80(69(105)67(103)56(5)124-93)132-92-72(108)77(68(104)57(6)123-92)130-94-85(120-16)82(118-14)76(60(9)127-94)129-91-71(107)70(106)79(83(133-91)89(113)114)131-95-84(119-15)81(117-13)75(59(8)126-95)128-61(10)100/h43-45,47-48,53-60,63-64,66-85,90-95,101,103-109H,17-42,46,49-52H2,1-16H3,(H,96,110)(H,97,112)(H,98,102)(H,99,111)(H,113,114)/t53-,54+,55+,56-,57-,58-,59-,60-,63?,64+,66+,67+,68-,69+,70+,71+,72+,73+,74-,75+,76+,77+,78-,79-,80+,81+,82+,83-,84-,85-,90?,91+,92-,93?,94-,95-/m0/s1. The van der Waals surface area contributed by atoms with Gasteiger partial charge in [0.05, 0.1) is 55.8 Å². The lowest BCUT2D eigenvalue weighted by Crippen LogP contribution is -2.68. The van der Waals surface area contributed by atoms with Crippen LogP contribution in [-0.2, 0) is 125 Å². The number of carbonyl (C=O) groups is 6. The number of hydrogen-bond acceptors (Lipinski definition) is 33. The maximum atomic E-state index is 15.1. The summed E-state index contributed by atoms with van der Waals surface area (Å²) in [5.74, 6) is -5.62. The number of carboxylic acid groups (broad SMARTS) is 1. The Morgan fingerprint density at radius 1 is 0.391 bits per heavy atom. The molecule has 6 aliphatic heterocycles. The van der Waals surface area contributed by atoms with Crippen LogP contribution in [0.15, 0.2) is 30.3 Å². The molecule has 38 nitrogen and oxygen atoms in total. The molecule has 768 valence electrons. The Hall–Kier alpha value is -5.00. The second-order valence-corrected chi connectivity index (χ2v) is 36.9. The van der Waals surface area contributed by atoms with Crippen LogP contribution in [0.5, 0.6) is 0 Å². The highest BCUT2D eigenvalue weighted by Crippen LogP contribution is 2.39. The van der Waals surface area contributed by atoms with Gasteiger partial charge in [0.2, 0.25) is 23.6 Å². The third-order valence-corrected chi connectivity index (χ3v) is 26.2. The monoisotopic (exact) mass is 1910 g/mol. The molecule has 13 N–H and O–H groups in total. The van der Waals surface area contributed by atoms with E-state index in [-0.39, 0.29) is 19.4 Å². The molecule has 3 unspecified atom stereocenters. The van der Waals surface area contributed by atoms with Gasteiger partial charge in [0.1, 0.15) is 122 Å². The maximum absolute atomic E-state index is 15.1. The smallest absolute Gasteiger partial charge is 0.335 e. The highest BCUT2D eigenvalue weighted by molar-refractivity contribution is 5.94. The Bertz CT molecular complexity index is 3440. The molecule has 1 aromatic rings. The van der Waals surface area contributed by atoms with Crippen LogP contribution in [0.25, 0.3) is 0 Å². The normalized spacial score (nSPS) is 34.0. The minimum Gasteiger partial charge on any atom is -0.479 e. The average Bonchev–Trinajstić information content (AvgIpc) is 0.762. The zero-order valence-corrected chi connectivity index (χ0v) is 81.3. The van der Waals surface area contributed by atoms with Gasteiger partial charge in [0, 0.05) is 62.0 Å². The summed E-state index contributed by atoms with van der Waals surface area (Å²) in [6.45, 7) is 15.1. The molecule has 0 radical (unpaired) electrons. The first-order valence-electron chi connectivity index (χ1n) is 48.7. The average molecular weight is 1910 g/mol. The number of hydrogen-bond donors (Lipinski definition) is 13. The number of nitrogens with one attached hydrogen (secondary N) is 4. The van der Waals surface area contributed by atoms with Crippen molar-refractivity contribution in [2.75, 3.05) is 49.3 Å². The van der Waals surface area contributed by atoms with E-state index >= 15 is 9.59 Å². The van der Waals surface area contributed by atoms with E-state index in [1.165, 1.54) is 225 Å². The number of aliphatic hydroxyl groups excluding tert-OH is 8. The molecule has 6 fully saturated rings. The summed E-state index contributed by atoms with van der Waals surface area (Å²) in [5, 5.41) is 115. The third kappa shape index (κ3) is 35.3. The molecule has 6 heterocycles. The van der Waals surface area contributed by atoms with Gasteiger partial charge < -0.3 is 157 Å². The predicted molar refractivity (Wildman–Crippen MR) is 481 cm³/mol. The molecule has 0 aliphatic carbocycles. The Morgan fingerprint density at radius 2 is 0.812 bits per heavy atom. The number of esters is 1. The third-order valence-electron chi connectivity index (χ3n) is 26.2. The first-order valence-corrected chi connectivity index (χ1v) is 48.7. The Labute approximate surface area is 785 Å². The Balaban J connectivity index is 0.984. The number of rotatable bonds is 61. The van der Waals surface area contributed by atoms with Gasteiger partial charge in [-0.3, -0.25) is 24.0 Å². The molecule has 0 spiro atoms. The van der Waals surface area contributed by atoms with Crippen LogP contribution >= 0.6 is 0 Å². The molecule has 133 heavy (non-hydrogen) atoms. The van der Waals surface area contributed by atoms with Crippen LogP contribution in [0.1, 0.15) is 261 Å². The molecule has 36 atom stereocenters. The summed E-state index contributed by atoms with van der Waals surface area (Å²) >= 11 is 0. The van der Waals surface area contributed by atoms with Crippen LogP contribution in [0, 0.1) is 0 Å². The quantitative estimate of drug-likeness (QED) is 0.0265. The summed E-state index contributed by atoms with van der Waals surface area (Å²) in [6, 6.07) is 3.36. The fourth-order valence-corrected chi connectivity index (χ4v) is 18.4. The van der Waals surface area contributed by atoms with E-state index < -0.39 is 256 Å². The van der Waals surface area contributed by atoms with Gasteiger partial charge in [-0.1, -0.05) is 211 Å². The molecular weight excluding hydrogens is 1740 g/mol. The van der Waals surface area contributed by atoms with E-state index in [1.54, 1.807) is 51.1 Å². The van der Waals surface area contributed by atoms with Crippen LogP contribution in [0.2, 0.25) is 0 Å². The van der Waals surface area contributed by atoms with Gasteiger partial charge in [0.25, 0.3) is 0 Å². The van der Waals surface area contributed by atoms with Crippen molar-refractivity contribution in [3.63, 3.8) is 0 Å². The van der Waals surface area contributed by atoms with Gasteiger partial charge in [-0.15, -0.1) is 0 Å². The summed E-state index contributed by atoms with van der Waals surface area (Å²) in [6.07, 6.45) is -12.5. The molecule has 0 aromatic heterocycles. The number of aliphatic hydroxyl groups is 8. The predicted octanol–water partition coefficient (Wildman–Crippen LogP) is 5.95. The lowest BCUT2D eigenvalue weighted by Gasteiger charge is -2.50. The zero-order chi connectivity index (χ0) is 97.5. The molecule has 0 bridgehead atoms. The first kappa shape index (κ1) is 115. The Kier molecular flexibility index (Phi) is 52.0. The van der Waals surface area contributed by atoms with Crippen LogP contribution < -0.4 is 21.3 Å². The second-order valence-electron chi connectivity index (χ2n) is 36.9. The van der Waals surface area contributed by atoms with Gasteiger partial charge in [-0.2, -0.15) is 0 Å². The van der Waals surface area contributed by atoms with Crippen molar-refractivity contribution in [1.29, 1.82) is 0 Å². The molecule has 4 amide bonds. The second kappa shape index (κ2) is 60.2. The fraction of sp³-hybridized carbons (Fsp3) is 0.874. The molecule has 1 aromatic carbocycles. The lowest BCUT2D eigenvalue weighted by atomic mass is 9.95. The molecular formula is C95H164N4O34. The number of methoxy groups -OCH3 is 6.